The summed E-state index contributed by atoms with van der Waals surface area (Å²) in [5.41, 5.74) is 4.85. The number of likely N-dealkylation sites (N-methyl/N-ethyl adjacent to an activating group) is 1. The third-order valence-electron chi connectivity index (χ3n) is 5.25. The smallest absolute Gasteiger partial charge is 0.0912 e. The van der Waals surface area contributed by atoms with Crippen LogP contribution >= 0.6 is 0 Å². The molecule has 1 aromatic heterocycles. The first-order chi connectivity index (χ1) is 13.8. The maximum atomic E-state index is 10.9. The molecule has 0 saturated heterocycles. The molecule has 0 saturated carbocycles. The standard InChI is InChI=1S/C25H26N2O/c1-26-18-24(28)25(21-10-6-3-7-11-21)27-15-14-22-17-20(12-13-23(22)27)16-19-8-4-2-5-9-19/h2-15,17,24-26,28H,16,18H2,1H3. The van der Waals surface area contributed by atoms with Gasteiger partial charge in [-0.3, -0.25) is 0 Å². The van der Waals surface area contributed by atoms with Crippen molar-refractivity contribution in [2.24, 2.45) is 0 Å². The van der Waals surface area contributed by atoms with Crippen LogP contribution in [-0.4, -0.2) is 29.4 Å². The highest BCUT2D eigenvalue weighted by Crippen LogP contribution is 2.29. The lowest BCUT2D eigenvalue weighted by molar-refractivity contribution is 0.132. The van der Waals surface area contributed by atoms with Crippen LogP contribution in [-0.2, 0) is 6.42 Å². The number of nitrogens with zero attached hydrogens (tertiary/aromatic N) is 1. The van der Waals surface area contributed by atoms with E-state index in [1.165, 1.54) is 16.5 Å². The molecule has 4 aromatic rings. The van der Waals surface area contributed by atoms with Crippen molar-refractivity contribution < 1.29 is 5.11 Å². The summed E-state index contributed by atoms with van der Waals surface area (Å²) in [6, 6.07) is 29.4. The maximum Gasteiger partial charge on any atom is 0.0912 e. The van der Waals surface area contributed by atoms with E-state index in [4.69, 9.17) is 0 Å². The largest absolute Gasteiger partial charge is 0.389 e. The van der Waals surface area contributed by atoms with Crippen molar-refractivity contribution in [3.8, 4) is 0 Å². The first-order valence-corrected chi connectivity index (χ1v) is 9.77. The van der Waals surface area contributed by atoms with Crippen molar-refractivity contribution in [3.05, 3.63) is 108 Å². The highest BCUT2D eigenvalue weighted by Gasteiger charge is 2.23. The number of aromatic nitrogens is 1. The number of aliphatic hydroxyl groups excluding tert-OH is 1. The molecular weight excluding hydrogens is 344 g/mol. The molecule has 2 N–H and O–H groups in total. The Balaban J connectivity index is 1.70. The van der Waals surface area contributed by atoms with Crippen LogP contribution in [0.3, 0.4) is 0 Å². The second kappa shape index (κ2) is 8.42. The van der Waals surface area contributed by atoms with Gasteiger partial charge < -0.3 is 15.0 Å². The van der Waals surface area contributed by atoms with Gasteiger partial charge in [-0.05, 0) is 53.7 Å². The summed E-state index contributed by atoms with van der Waals surface area (Å²) >= 11 is 0. The zero-order chi connectivity index (χ0) is 19.3. The molecule has 0 amide bonds. The molecule has 3 heteroatoms. The van der Waals surface area contributed by atoms with Crippen molar-refractivity contribution in [3.63, 3.8) is 0 Å². The van der Waals surface area contributed by atoms with Gasteiger partial charge in [0.05, 0.1) is 12.1 Å². The van der Waals surface area contributed by atoms with E-state index in [-0.39, 0.29) is 6.04 Å². The van der Waals surface area contributed by atoms with Gasteiger partial charge in [0.1, 0.15) is 0 Å². The van der Waals surface area contributed by atoms with Crippen molar-refractivity contribution in [2.75, 3.05) is 13.6 Å². The molecule has 142 valence electrons. The normalized spacial score (nSPS) is 13.5. The molecule has 0 bridgehead atoms. The number of hydrogen-bond donors (Lipinski definition) is 2. The molecule has 2 unspecified atom stereocenters. The number of aliphatic hydroxyl groups is 1. The molecule has 2 atom stereocenters. The number of fused-ring (bicyclic) bond motifs is 1. The summed E-state index contributed by atoms with van der Waals surface area (Å²) in [5.74, 6) is 0. The Morgan fingerprint density at radius 1 is 0.857 bits per heavy atom. The topological polar surface area (TPSA) is 37.2 Å². The fourth-order valence-corrected chi connectivity index (χ4v) is 3.94. The predicted octanol–water partition coefficient (Wildman–Crippen LogP) is 4.40. The second-order valence-corrected chi connectivity index (χ2v) is 7.26. The zero-order valence-corrected chi connectivity index (χ0v) is 16.1. The molecule has 0 aliphatic heterocycles. The summed E-state index contributed by atoms with van der Waals surface area (Å²) in [6.07, 6.45) is 2.49. The highest BCUT2D eigenvalue weighted by atomic mass is 16.3. The number of benzene rings is 3. The summed E-state index contributed by atoms with van der Waals surface area (Å²) in [4.78, 5) is 0. The lowest BCUT2D eigenvalue weighted by Crippen LogP contribution is -2.33. The van der Waals surface area contributed by atoms with Gasteiger partial charge in [-0.1, -0.05) is 66.7 Å². The van der Waals surface area contributed by atoms with Gasteiger partial charge in [0.25, 0.3) is 0 Å². The van der Waals surface area contributed by atoms with E-state index in [0.29, 0.717) is 6.54 Å². The summed E-state index contributed by atoms with van der Waals surface area (Å²) in [6.45, 7) is 0.533. The third kappa shape index (κ3) is 3.86. The van der Waals surface area contributed by atoms with E-state index in [1.54, 1.807) is 0 Å². The Hall–Kier alpha value is -2.88. The molecule has 28 heavy (non-hydrogen) atoms. The van der Waals surface area contributed by atoms with Crippen molar-refractivity contribution in [1.82, 2.24) is 9.88 Å². The summed E-state index contributed by atoms with van der Waals surface area (Å²) in [7, 11) is 1.87. The van der Waals surface area contributed by atoms with E-state index in [0.717, 1.165) is 17.5 Å². The Kier molecular flexibility index (Phi) is 5.56. The van der Waals surface area contributed by atoms with Crippen molar-refractivity contribution in [1.29, 1.82) is 0 Å². The Labute approximate surface area is 166 Å². The minimum atomic E-state index is -0.521. The van der Waals surface area contributed by atoms with Crippen LogP contribution in [0.2, 0.25) is 0 Å². The Morgan fingerprint density at radius 2 is 1.57 bits per heavy atom. The van der Waals surface area contributed by atoms with E-state index in [2.05, 4.69) is 76.7 Å². The maximum absolute atomic E-state index is 10.9. The molecule has 0 aliphatic carbocycles. The van der Waals surface area contributed by atoms with E-state index in [1.807, 2.05) is 31.3 Å². The van der Waals surface area contributed by atoms with Crippen molar-refractivity contribution in [2.45, 2.75) is 18.6 Å². The zero-order valence-electron chi connectivity index (χ0n) is 16.1. The number of nitrogens with one attached hydrogen (secondary N) is 1. The minimum Gasteiger partial charge on any atom is -0.389 e. The second-order valence-electron chi connectivity index (χ2n) is 7.26. The molecule has 0 spiro atoms. The molecule has 3 nitrogen and oxygen atoms in total. The monoisotopic (exact) mass is 370 g/mol. The quantitative estimate of drug-likeness (QED) is 0.506. The van der Waals surface area contributed by atoms with Gasteiger partial charge in [-0.25, -0.2) is 0 Å². The van der Waals surface area contributed by atoms with Crippen LogP contribution in [0.5, 0.6) is 0 Å². The molecule has 4 rings (SSSR count). The lowest BCUT2D eigenvalue weighted by Gasteiger charge is -2.26. The van der Waals surface area contributed by atoms with E-state index in [9.17, 15) is 5.11 Å². The molecule has 1 heterocycles. The van der Waals surface area contributed by atoms with Gasteiger partial charge in [0.2, 0.25) is 0 Å². The van der Waals surface area contributed by atoms with Gasteiger partial charge in [0, 0.05) is 18.3 Å². The minimum absolute atomic E-state index is 0.133. The molecular formula is C25H26N2O. The van der Waals surface area contributed by atoms with E-state index >= 15 is 0 Å². The van der Waals surface area contributed by atoms with E-state index < -0.39 is 6.10 Å². The SMILES string of the molecule is CNCC(O)C(c1ccccc1)n1ccc2cc(Cc3ccccc3)ccc21. The first-order valence-electron chi connectivity index (χ1n) is 9.77. The van der Waals surface area contributed by atoms with Crippen LogP contribution in [0.25, 0.3) is 10.9 Å². The van der Waals surface area contributed by atoms with Crippen molar-refractivity contribution >= 4 is 10.9 Å². The average Bonchev–Trinajstić information content (AvgIpc) is 3.13. The van der Waals surface area contributed by atoms with Crippen LogP contribution in [0.15, 0.2) is 91.1 Å². The Morgan fingerprint density at radius 3 is 2.29 bits per heavy atom. The third-order valence-corrected chi connectivity index (χ3v) is 5.25. The number of rotatable bonds is 7. The summed E-state index contributed by atoms with van der Waals surface area (Å²) < 4.78 is 2.19. The first kappa shape index (κ1) is 18.5. The van der Waals surface area contributed by atoms with Gasteiger partial charge >= 0.3 is 0 Å². The van der Waals surface area contributed by atoms with Crippen LogP contribution < -0.4 is 5.32 Å². The molecule has 0 fully saturated rings. The Bertz CT molecular complexity index is 1020. The molecule has 3 aromatic carbocycles. The highest BCUT2D eigenvalue weighted by molar-refractivity contribution is 5.81. The fraction of sp³-hybridized carbons (Fsp3) is 0.200. The van der Waals surface area contributed by atoms with Crippen LogP contribution in [0.1, 0.15) is 22.7 Å². The number of hydrogen-bond acceptors (Lipinski definition) is 2. The predicted molar refractivity (Wildman–Crippen MR) is 116 cm³/mol. The van der Waals surface area contributed by atoms with Gasteiger partial charge in [0.15, 0.2) is 0 Å². The molecule has 0 aliphatic rings. The summed E-state index contributed by atoms with van der Waals surface area (Å²) in [5, 5.41) is 15.2. The average molecular weight is 370 g/mol. The fourth-order valence-electron chi connectivity index (χ4n) is 3.94. The van der Waals surface area contributed by atoms with Gasteiger partial charge in [-0.2, -0.15) is 0 Å². The van der Waals surface area contributed by atoms with Crippen LogP contribution in [0, 0.1) is 0 Å². The van der Waals surface area contributed by atoms with Crippen LogP contribution in [0.4, 0.5) is 0 Å². The van der Waals surface area contributed by atoms with Gasteiger partial charge in [-0.15, -0.1) is 0 Å². The molecule has 0 radical (unpaired) electrons. The lowest BCUT2D eigenvalue weighted by atomic mass is 10.00.